The third kappa shape index (κ3) is 2.10. The van der Waals surface area contributed by atoms with Gasteiger partial charge in [0.2, 0.25) is 5.91 Å². The Kier molecular flexibility index (Phi) is 3.09. The van der Waals surface area contributed by atoms with Gasteiger partial charge in [-0.2, -0.15) is 0 Å². The molecule has 4 atom stereocenters. The Bertz CT molecular complexity index is 215. The minimum Gasteiger partial charge on any atom is -0.373 e. The molecule has 74 valence electrons. The van der Waals surface area contributed by atoms with Gasteiger partial charge < -0.3 is 10.1 Å². The van der Waals surface area contributed by atoms with Crippen molar-refractivity contribution in [2.75, 3.05) is 0 Å². The summed E-state index contributed by atoms with van der Waals surface area (Å²) in [7, 11) is 0. The van der Waals surface area contributed by atoms with Crippen molar-refractivity contribution >= 4 is 5.91 Å². The van der Waals surface area contributed by atoms with E-state index in [2.05, 4.69) is 18.8 Å². The molecule has 0 saturated carbocycles. The quantitative estimate of drug-likeness (QED) is 0.651. The highest BCUT2D eigenvalue weighted by atomic mass is 16.5. The van der Waals surface area contributed by atoms with E-state index in [0.29, 0.717) is 5.92 Å². The Morgan fingerprint density at radius 1 is 1.38 bits per heavy atom. The SMILES string of the molecule is C=CC(=O)NC1C(C)OC(C)C1C. The number of hydrogen-bond acceptors (Lipinski definition) is 2. The van der Waals surface area contributed by atoms with Crippen LogP contribution >= 0.6 is 0 Å². The van der Waals surface area contributed by atoms with Crippen LogP contribution in [0.5, 0.6) is 0 Å². The van der Waals surface area contributed by atoms with E-state index in [4.69, 9.17) is 4.74 Å². The predicted octanol–water partition coefficient (Wildman–Crippen LogP) is 1.10. The van der Waals surface area contributed by atoms with E-state index in [1.165, 1.54) is 6.08 Å². The summed E-state index contributed by atoms with van der Waals surface area (Å²) in [6.45, 7) is 9.51. The second-order valence-corrected chi connectivity index (χ2v) is 3.64. The van der Waals surface area contributed by atoms with Crippen molar-refractivity contribution in [1.29, 1.82) is 0 Å². The number of hydrogen-bond donors (Lipinski definition) is 1. The van der Waals surface area contributed by atoms with Gasteiger partial charge >= 0.3 is 0 Å². The molecule has 1 aliphatic rings. The molecule has 3 nitrogen and oxygen atoms in total. The molecule has 13 heavy (non-hydrogen) atoms. The standard InChI is InChI=1S/C10H17NO2/c1-5-9(12)11-10-6(2)7(3)13-8(10)4/h5-8,10H,1H2,2-4H3,(H,11,12). The Hall–Kier alpha value is -0.830. The van der Waals surface area contributed by atoms with Crippen LogP contribution in [0, 0.1) is 5.92 Å². The van der Waals surface area contributed by atoms with Gasteiger partial charge in [-0.05, 0) is 19.9 Å². The summed E-state index contributed by atoms with van der Waals surface area (Å²) in [5.41, 5.74) is 0. The summed E-state index contributed by atoms with van der Waals surface area (Å²) in [6.07, 6.45) is 1.60. The Morgan fingerprint density at radius 3 is 2.38 bits per heavy atom. The first kappa shape index (κ1) is 10.3. The van der Waals surface area contributed by atoms with Gasteiger partial charge in [0.15, 0.2) is 0 Å². The van der Waals surface area contributed by atoms with Gasteiger partial charge in [-0.1, -0.05) is 13.5 Å². The summed E-state index contributed by atoms with van der Waals surface area (Å²) >= 11 is 0. The zero-order valence-corrected chi connectivity index (χ0v) is 8.41. The highest BCUT2D eigenvalue weighted by molar-refractivity contribution is 5.87. The fraction of sp³-hybridized carbons (Fsp3) is 0.700. The zero-order valence-electron chi connectivity index (χ0n) is 8.41. The smallest absolute Gasteiger partial charge is 0.243 e. The maximum atomic E-state index is 11.1. The van der Waals surface area contributed by atoms with Gasteiger partial charge in [0.1, 0.15) is 0 Å². The van der Waals surface area contributed by atoms with Gasteiger partial charge in [-0.15, -0.1) is 0 Å². The molecular formula is C10H17NO2. The van der Waals surface area contributed by atoms with Crippen LogP contribution in [0.2, 0.25) is 0 Å². The first-order chi connectivity index (χ1) is 6.06. The molecule has 0 aromatic rings. The number of carbonyl (C=O) groups is 1. The molecule has 0 bridgehead atoms. The molecule has 0 aromatic carbocycles. The Labute approximate surface area is 79.2 Å². The monoisotopic (exact) mass is 183 g/mol. The van der Waals surface area contributed by atoms with E-state index in [9.17, 15) is 4.79 Å². The number of amides is 1. The van der Waals surface area contributed by atoms with Gasteiger partial charge in [0.25, 0.3) is 0 Å². The minimum atomic E-state index is -0.124. The minimum absolute atomic E-state index is 0.0916. The molecule has 0 aromatic heterocycles. The van der Waals surface area contributed by atoms with Crippen LogP contribution in [0.4, 0.5) is 0 Å². The maximum absolute atomic E-state index is 11.1. The van der Waals surface area contributed by atoms with Crippen molar-refractivity contribution < 1.29 is 9.53 Å². The highest BCUT2D eigenvalue weighted by Crippen LogP contribution is 2.25. The Morgan fingerprint density at radius 2 is 2.00 bits per heavy atom. The molecule has 1 heterocycles. The summed E-state index contributed by atoms with van der Waals surface area (Å²) in [5, 5.41) is 2.88. The average Bonchev–Trinajstić information content (AvgIpc) is 2.32. The lowest BCUT2D eigenvalue weighted by Gasteiger charge is -2.18. The van der Waals surface area contributed by atoms with E-state index in [0.717, 1.165) is 0 Å². The van der Waals surface area contributed by atoms with Gasteiger partial charge in [-0.3, -0.25) is 4.79 Å². The van der Waals surface area contributed by atoms with Gasteiger partial charge in [0.05, 0.1) is 18.2 Å². The van der Waals surface area contributed by atoms with E-state index in [1.54, 1.807) is 0 Å². The van der Waals surface area contributed by atoms with Crippen molar-refractivity contribution in [2.24, 2.45) is 5.92 Å². The number of rotatable bonds is 2. The van der Waals surface area contributed by atoms with E-state index >= 15 is 0 Å². The van der Waals surface area contributed by atoms with Crippen LogP contribution in [0.3, 0.4) is 0 Å². The molecule has 1 fully saturated rings. The van der Waals surface area contributed by atoms with Crippen molar-refractivity contribution in [3.63, 3.8) is 0 Å². The van der Waals surface area contributed by atoms with Crippen LogP contribution in [0.25, 0.3) is 0 Å². The van der Waals surface area contributed by atoms with E-state index in [1.807, 2.05) is 13.8 Å². The lowest BCUT2D eigenvalue weighted by Crippen LogP contribution is -2.42. The number of carbonyl (C=O) groups excluding carboxylic acids is 1. The number of ether oxygens (including phenoxy) is 1. The first-order valence-corrected chi connectivity index (χ1v) is 4.64. The van der Waals surface area contributed by atoms with Crippen LogP contribution < -0.4 is 5.32 Å². The zero-order chi connectivity index (χ0) is 10.0. The van der Waals surface area contributed by atoms with E-state index < -0.39 is 0 Å². The molecular weight excluding hydrogens is 166 g/mol. The van der Waals surface area contributed by atoms with Crippen LogP contribution in [0.15, 0.2) is 12.7 Å². The van der Waals surface area contributed by atoms with Gasteiger partial charge in [-0.25, -0.2) is 0 Å². The topological polar surface area (TPSA) is 38.3 Å². The van der Waals surface area contributed by atoms with Crippen molar-refractivity contribution in [3.05, 3.63) is 12.7 Å². The third-order valence-electron chi connectivity index (χ3n) is 2.74. The average molecular weight is 183 g/mol. The molecule has 4 unspecified atom stereocenters. The summed E-state index contributed by atoms with van der Waals surface area (Å²) < 4.78 is 5.58. The lowest BCUT2D eigenvalue weighted by atomic mass is 9.97. The summed E-state index contributed by atoms with van der Waals surface area (Å²) in [5.74, 6) is 0.236. The third-order valence-corrected chi connectivity index (χ3v) is 2.74. The molecule has 1 amide bonds. The fourth-order valence-corrected chi connectivity index (χ4v) is 1.74. The van der Waals surface area contributed by atoms with Crippen LogP contribution in [-0.4, -0.2) is 24.2 Å². The van der Waals surface area contributed by atoms with Crippen LogP contribution in [-0.2, 0) is 9.53 Å². The molecule has 0 aliphatic carbocycles. The molecule has 3 heteroatoms. The molecule has 0 spiro atoms. The Balaban J connectivity index is 2.58. The normalized spacial score (nSPS) is 38.7. The molecule has 1 aliphatic heterocycles. The largest absolute Gasteiger partial charge is 0.373 e. The van der Waals surface area contributed by atoms with Crippen molar-refractivity contribution in [1.82, 2.24) is 5.32 Å². The first-order valence-electron chi connectivity index (χ1n) is 4.64. The molecule has 1 saturated heterocycles. The number of nitrogens with one attached hydrogen (secondary N) is 1. The molecule has 0 radical (unpaired) electrons. The summed E-state index contributed by atoms with van der Waals surface area (Å²) in [6, 6.07) is 0.112. The maximum Gasteiger partial charge on any atom is 0.243 e. The van der Waals surface area contributed by atoms with Crippen molar-refractivity contribution in [2.45, 2.75) is 39.0 Å². The second-order valence-electron chi connectivity index (χ2n) is 3.64. The predicted molar refractivity (Wildman–Crippen MR) is 51.3 cm³/mol. The lowest BCUT2D eigenvalue weighted by molar-refractivity contribution is -0.117. The summed E-state index contributed by atoms with van der Waals surface area (Å²) in [4.78, 5) is 11.1. The van der Waals surface area contributed by atoms with Crippen molar-refractivity contribution in [3.8, 4) is 0 Å². The van der Waals surface area contributed by atoms with Crippen LogP contribution in [0.1, 0.15) is 20.8 Å². The molecule has 1 N–H and O–H groups in total. The molecule has 1 rings (SSSR count). The second kappa shape index (κ2) is 3.92. The van der Waals surface area contributed by atoms with E-state index in [-0.39, 0.29) is 24.2 Å². The van der Waals surface area contributed by atoms with Gasteiger partial charge in [0, 0.05) is 5.92 Å². The fourth-order valence-electron chi connectivity index (χ4n) is 1.74. The highest BCUT2D eigenvalue weighted by Gasteiger charge is 2.37.